The Morgan fingerprint density at radius 2 is 0.639 bits per heavy atom. The molecule has 8 fully saturated rings. The van der Waals surface area contributed by atoms with Gasteiger partial charge >= 0.3 is 0 Å². The average Bonchev–Trinajstić information content (AvgIpc) is 0.765. The van der Waals surface area contributed by atoms with Crippen molar-refractivity contribution in [2.24, 2.45) is 0 Å². The number of hydrogen-bond acceptors (Lipinski definition) is 40. The number of amides is 3. The van der Waals surface area contributed by atoms with Gasteiger partial charge < -0.3 is 199 Å². The fraction of sp³-hybridized carbons (Fsp3) is 0.944. The summed E-state index contributed by atoms with van der Waals surface area (Å²) in [7, 11) is 0. The van der Waals surface area contributed by atoms with Gasteiger partial charge in [0, 0.05) is 20.8 Å². The third-order valence-corrected chi connectivity index (χ3v) is 17.8. The first-order chi connectivity index (χ1) is 45.8. The van der Waals surface area contributed by atoms with Gasteiger partial charge in [0.15, 0.2) is 50.3 Å². The van der Waals surface area contributed by atoms with Crippen LogP contribution >= 0.6 is 0 Å². The van der Waals surface area contributed by atoms with Gasteiger partial charge in [-0.3, -0.25) is 14.4 Å². The number of carbonyl (C=O) groups is 3. The number of ether oxygens (including phenoxy) is 15. The van der Waals surface area contributed by atoms with E-state index in [-0.39, 0.29) is 0 Å². The molecule has 8 rings (SSSR count). The van der Waals surface area contributed by atoms with Crippen LogP contribution in [0.25, 0.3) is 0 Å². The highest BCUT2D eigenvalue weighted by Crippen LogP contribution is 2.40. The van der Waals surface area contributed by atoms with Crippen molar-refractivity contribution < 1.29 is 198 Å². The molecule has 0 bridgehead atoms. The molecule has 8 saturated heterocycles. The van der Waals surface area contributed by atoms with E-state index in [0.717, 1.165) is 20.8 Å². The minimum absolute atomic E-state index is 0.757. The van der Waals surface area contributed by atoms with Crippen LogP contribution in [0.1, 0.15) is 27.7 Å². The number of aliphatic hydroxyl groups excluding tert-OH is 22. The van der Waals surface area contributed by atoms with E-state index in [9.17, 15) is 127 Å². The van der Waals surface area contributed by atoms with Gasteiger partial charge in [0.2, 0.25) is 17.7 Å². The fourth-order valence-corrected chi connectivity index (χ4v) is 12.5. The molecular formula is C54H91N3O40. The van der Waals surface area contributed by atoms with Crippen molar-refractivity contribution in [2.75, 3.05) is 46.2 Å². The molecule has 0 aromatic rings. The maximum Gasteiger partial charge on any atom is 0.217 e. The lowest BCUT2D eigenvalue weighted by Crippen LogP contribution is -2.71. The van der Waals surface area contributed by atoms with Crippen molar-refractivity contribution in [3.8, 4) is 0 Å². The maximum absolute atomic E-state index is 13.3. The van der Waals surface area contributed by atoms with E-state index >= 15 is 0 Å². The second kappa shape index (κ2) is 34.5. The fourth-order valence-electron chi connectivity index (χ4n) is 12.5. The Morgan fingerprint density at radius 3 is 1.18 bits per heavy atom. The second-order valence-electron chi connectivity index (χ2n) is 24.6. The van der Waals surface area contributed by atoms with Crippen LogP contribution in [-0.4, -0.2) is 422 Å². The molecule has 8 aliphatic heterocycles. The molecule has 8 heterocycles. The Labute approximate surface area is 549 Å². The van der Waals surface area contributed by atoms with E-state index < -0.39 is 309 Å². The van der Waals surface area contributed by atoms with Crippen LogP contribution < -0.4 is 16.0 Å². The van der Waals surface area contributed by atoms with E-state index in [4.69, 9.17) is 71.1 Å². The van der Waals surface area contributed by atoms with Crippen molar-refractivity contribution >= 4 is 17.7 Å². The third-order valence-electron chi connectivity index (χ3n) is 17.8. The van der Waals surface area contributed by atoms with Gasteiger partial charge in [-0.05, 0) is 6.92 Å². The summed E-state index contributed by atoms with van der Waals surface area (Å²) < 4.78 is 88.8. The molecule has 0 spiro atoms. The third kappa shape index (κ3) is 17.4. The summed E-state index contributed by atoms with van der Waals surface area (Å²) in [5.74, 6) is -2.63. The molecule has 3 amide bonds. The second-order valence-corrected chi connectivity index (χ2v) is 24.6. The summed E-state index contributed by atoms with van der Waals surface area (Å²) in [5, 5.41) is 249. The molecular weight excluding hydrogens is 1330 g/mol. The zero-order valence-corrected chi connectivity index (χ0v) is 52.2. The molecule has 40 atom stereocenters. The molecule has 0 aromatic heterocycles. The quantitative estimate of drug-likeness (QED) is 0.0427. The Balaban J connectivity index is 1.14. The monoisotopic (exact) mass is 1420 g/mol. The van der Waals surface area contributed by atoms with Crippen molar-refractivity contribution in [1.29, 1.82) is 0 Å². The molecule has 0 aliphatic carbocycles. The smallest absolute Gasteiger partial charge is 0.217 e. The Morgan fingerprint density at radius 1 is 0.289 bits per heavy atom. The largest absolute Gasteiger partial charge is 0.394 e. The van der Waals surface area contributed by atoms with Crippen LogP contribution in [0.3, 0.4) is 0 Å². The molecule has 97 heavy (non-hydrogen) atoms. The first kappa shape index (κ1) is 79.6. The Kier molecular flexibility index (Phi) is 28.3. The number of rotatable bonds is 24. The van der Waals surface area contributed by atoms with Crippen LogP contribution in [0.2, 0.25) is 0 Å². The van der Waals surface area contributed by atoms with E-state index in [2.05, 4.69) is 16.0 Å². The highest BCUT2D eigenvalue weighted by Gasteiger charge is 2.60. The molecule has 8 aliphatic rings. The first-order valence-electron chi connectivity index (χ1n) is 31.0. The summed E-state index contributed by atoms with van der Waals surface area (Å²) >= 11 is 0. The van der Waals surface area contributed by atoms with Crippen LogP contribution in [0.4, 0.5) is 0 Å². The van der Waals surface area contributed by atoms with Crippen LogP contribution in [0.15, 0.2) is 0 Å². The molecule has 1 unspecified atom stereocenters. The van der Waals surface area contributed by atoms with E-state index in [0.29, 0.717) is 0 Å². The highest BCUT2D eigenvalue weighted by molar-refractivity contribution is 5.74. The SMILES string of the molecule is CC(=O)N[C@H]1[C@H](O[C@H]2[C@H](O)[C@@H](NC(C)=O)C(O)O[C@@H]2CO)O[C@H](CO)[C@@H](O[C@@H]2O[C@H](CO[C@H]3O[C@H](CO)[C@@H](O)[C@H](O)[C@@H]3O)[C@@H](O)[C@H](O[C@H]3O[C@H](CO)[C@@H](O)[C@H](O)[C@@H]3O[C@@H]3O[C@H](CO)[C@@H](O[C@@H]4O[C@H](CO)[C@H](O)[C@H](O)[C@H]4O)[C@H](O[C@@H]4O[C@@H](C)[C@@H](O)[C@@H](O)[C@@H]4O)[C@H]3NC(C)=O)[C@@H]2O)[C@@H]1O. The lowest BCUT2D eigenvalue weighted by Gasteiger charge is -2.52. The standard InChI is InChI=1S/C54H91N3O40/c1-12-26(67)33(74)38(79)51(84-12)95-44-25(57-15(4)66)49(90-21(10-63)43(44)94-52-39(80)35(76)28(69)17(6-59)87-52)97-46-36(77)29(70)18(7-60)88-54(46)96-45-30(71)22(11-83-50-37(78)34(75)27(68)16(5-58)86-50)91-53(40(45)81)93-42-20(9-62)89-48(24(32(42)73)56-14(3)65)92-41-19(8-61)85-47(82)23(31(41)72)55-13(2)64/h12,16-54,58-63,67-82H,5-11H2,1-4H3,(H,55,64)(H,56,65)(H,57,66)/t12-,16+,17+,18+,19+,20+,21+,22+,23+,24+,25+,26+,27+,28-,29+,30+,31+,32+,33+,34-,35-,36-,37-,38-,39+,40-,41+,42+,43+,44+,45-,46-,47?,48-,49-,50-,51-,52-,53-,54+/m0/s1. The topological polar surface area (TPSA) is 671 Å². The number of aliphatic hydroxyl groups is 22. The minimum Gasteiger partial charge on any atom is -0.394 e. The van der Waals surface area contributed by atoms with Crippen molar-refractivity contribution in [2.45, 2.75) is 273 Å². The first-order valence-corrected chi connectivity index (χ1v) is 31.0. The van der Waals surface area contributed by atoms with Gasteiger partial charge in [-0.1, -0.05) is 0 Å². The Hall–Kier alpha value is -3.07. The highest BCUT2D eigenvalue weighted by atomic mass is 16.8. The van der Waals surface area contributed by atoms with Gasteiger partial charge in [-0.15, -0.1) is 0 Å². The van der Waals surface area contributed by atoms with Crippen LogP contribution in [0, 0.1) is 0 Å². The van der Waals surface area contributed by atoms with E-state index in [1.54, 1.807) is 0 Å². The van der Waals surface area contributed by atoms with Gasteiger partial charge in [-0.25, -0.2) is 0 Å². The molecule has 43 nitrogen and oxygen atoms in total. The molecule has 562 valence electrons. The van der Waals surface area contributed by atoms with E-state index in [1.807, 2.05) is 0 Å². The zero-order valence-electron chi connectivity index (χ0n) is 52.2. The number of hydrogen-bond donors (Lipinski definition) is 25. The summed E-state index contributed by atoms with van der Waals surface area (Å²) in [6, 6.07) is -5.43. The van der Waals surface area contributed by atoms with E-state index in [1.165, 1.54) is 6.92 Å². The molecule has 0 saturated carbocycles. The Bertz CT molecular complexity index is 2490. The van der Waals surface area contributed by atoms with Crippen LogP contribution in [0.5, 0.6) is 0 Å². The van der Waals surface area contributed by atoms with Gasteiger partial charge in [0.1, 0.15) is 189 Å². The molecule has 43 heteroatoms. The van der Waals surface area contributed by atoms with Crippen molar-refractivity contribution in [3.05, 3.63) is 0 Å². The molecule has 0 aromatic carbocycles. The van der Waals surface area contributed by atoms with Crippen LogP contribution in [-0.2, 0) is 85.4 Å². The lowest BCUT2D eigenvalue weighted by molar-refractivity contribution is -0.402. The average molecular weight is 1420 g/mol. The number of nitrogens with one attached hydrogen (secondary N) is 3. The predicted octanol–water partition coefficient (Wildman–Crippen LogP) is -17.0. The van der Waals surface area contributed by atoms with Crippen molar-refractivity contribution in [3.63, 3.8) is 0 Å². The summed E-state index contributed by atoms with van der Waals surface area (Å²) in [4.78, 5) is 38.2. The normalized spacial score (nSPS) is 49.9. The minimum atomic E-state index is -2.48. The summed E-state index contributed by atoms with van der Waals surface area (Å²) in [5.41, 5.74) is 0. The van der Waals surface area contributed by atoms with Gasteiger partial charge in [0.25, 0.3) is 0 Å². The molecule has 0 radical (unpaired) electrons. The summed E-state index contributed by atoms with van der Waals surface area (Å²) in [6.07, 6.45) is -74.7. The predicted molar refractivity (Wildman–Crippen MR) is 298 cm³/mol. The van der Waals surface area contributed by atoms with Gasteiger partial charge in [0.05, 0.1) is 52.4 Å². The molecule has 25 N–H and O–H groups in total. The number of carbonyl (C=O) groups excluding carboxylic acids is 3. The lowest BCUT2D eigenvalue weighted by atomic mass is 9.93. The van der Waals surface area contributed by atoms with Gasteiger partial charge in [-0.2, -0.15) is 0 Å². The van der Waals surface area contributed by atoms with Crippen molar-refractivity contribution in [1.82, 2.24) is 16.0 Å². The maximum atomic E-state index is 13.3. The zero-order chi connectivity index (χ0) is 71.5. The summed E-state index contributed by atoms with van der Waals surface area (Å²) in [6.45, 7) is -3.16.